The van der Waals surface area contributed by atoms with Crippen molar-refractivity contribution >= 4 is 17.3 Å². The highest BCUT2D eigenvalue weighted by molar-refractivity contribution is 5.70. The quantitative estimate of drug-likeness (QED) is 0.878. The van der Waals surface area contributed by atoms with Crippen LogP contribution in [0.5, 0.6) is 0 Å². The molecule has 0 radical (unpaired) electrons. The number of benzene rings is 1. The maximum atomic E-state index is 9.32. The second-order valence-electron chi connectivity index (χ2n) is 4.78. The SMILES string of the molecule is CCCc1c(NC)ncnc1Nc1cccc(C)c1C#N. The lowest BCUT2D eigenvalue weighted by atomic mass is 10.1. The first-order valence-corrected chi connectivity index (χ1v) is 6.99. The summed E-state index contributed by atoms with van der Waals surface area (Å²) in [4.78, 5) is 8.59. The summed E-state index contributed by atoms with van der Waals surface area (Å²) in [5.74, 6) is 1.57. The molecule has 0 saturated heterocycles. The molecule has 0 bridgehead atoms. The van der Waals surface area contributed by atoms with E-state index in [0.29, 0.717) is 5.56 Å². The van der Waals surface area contributed by atoms with Crippen LogP contribution < -0.4 is 10.6 Å². The van der Waals surface area contributed by atoms with Crippen LogP contribution in [0.3, 0.4) is 0 Å². The molecule has 5 nitrogen and oxygen atoms in total. The molecule has 0 aliphatic heterocycles. The van der Waals surface area contributed by atoms with E-state index in [0.717, 1.165) is 41.3 Å². The standard InChI is InChI=1S/C16H19N5/c1-4-6-12-15(18-3)19-10-20-16(12)21-14-8-5-7-11(2)13(14)9-17/h5,7-8,10H,4,6H2,1-3H3,(H2,18,19,20,21). The summed E-state index contributed by atoms with van der Waals surface area (Å²) in [5, 5.41) is 15.7. The molecule has 0 saturated carbocycles. The van der Waals surface area contributed by atoms with Crippen molar-refractivity contribution < 1.29 is 0 Å². The molecule has 0 spiro atoms. The highest BCUT2D eigenvalue weighted by atomic mass is 15.1. The lowest BCUT2D eigenvalue weighted by molar-refractivity contribution is 0.905. The van der Waals surface area contributed by atoms with E-state index in [9.17, 15) is 5.26 Å². The number of hydrogen-bond acceptors (Lipinski definition) is 5. The third-order valence-electron chi connectivity index (χ3n) is 3.32. The topological polar surface area (TPSA) is 73.6 Å². The Labute approximate surface area is 125 Å². The summed E-state index contributed by atoms with van der Waals surface area (Å²) in [6.07, 6.45) is 3.39. The van der Waals surface area contributed by atoms with Crippen molar-refractivity contribution in [2.75, 3.05) is 17.7 Å². The smallest absolute Gasteiger partial charge is 0.139 e. The summed E-state index contributed by atoms with van der Waals surface area (Å²) in [5.41, 5.74) is 3.40. The molecule has 0 fully saturated rings. The molecular formula is C16H19N5. The number of aromatic nitrogens is 2. The Kier molecular flexibility index (Phi) is 4.72. The van der Waals surface area contributed by atoms with E-state index in [1.54, 1.807) is 0 Å². The monoisotopic (exact) mass is 281 g/mol. The third kappa shape index (κ3) is 3.11. The first kappa shape index (κ1) is 14.8. The van der Waals surface area contributed by atoms with Crippen molar-refractivity contribution in [2.45, 2.75) is 26.7 Å². The normalized spacial score (nSPS) is 10.0. The van der Waals surface area contributed by atoms with Crippen molar-refractivity contribution in [2.24, 2.45) is 0 Å². The Balaban J connectivity index is 2.45. The predicted molar refractivity (Wildman–Crippen MR) is 84.8 cm³/mol. The van der Waals surface area contributed by atoms with E-state index in [1.165, 1.54) is 6.33 Å². The lowest BCUT2D eigenvalue weighted by Gasteiger charge is -2.15. The number of anilines is 3. The van der Waals surface area contributed by atoms with Gasteiger partial charge in [-0.25, -0.2) is 9.97 Å². The minimum atomic E-state index is 0.643. The van der Waals surface area contributed by atoms with Gasteiger partial charge in [-0.05, 0) is 25.0 Å². The minimum Gasteiger partial charge on any atom is -0.373 e. The highest BCUT2D eigenvalue weighted by Crippen LogP contribution is 2.27. The van der Waals surface area contributed by atoms with E-state index < -0.39 is 0 Å². The average Bonchev–Trinajstić information content (AvgIpc) is 2.49. The Bertz CT molecular complexity index is 673. The first-order valence-electron chi connectivity index (χ1n) is 6.99. The van der Waals surface area contributed by atoms with Gasteiger partial charge in [-0.15, -0.1) is 0 Å². The lowest BCUT2D eigenvalue weighted by Crippen LogP contribution is -2.06. The summed E-state index contributed by atoms with van der Waals surface area (Å²) in [6.45, 7) is 4.04. The molecular weight excluding hydrogens is 262 g/mol. The zero-order chi connectivity index (χ0) is 15.2. The van der Waals surface area contributed by atoms with Gasteiger partial charge >= 0.3 is 0 Å². The van der Waals surface area contributed by atoms with Crippen molar-refractivity contribution in [3.05, 3.63) is 41.2 Å². The van der Waals surface area contributed by atoms with E-state index in [2.05, 4.69) is 33.6 Å². The maximum absolute atomic E-state index is 9.32. The minimum absolute atomic E-state index is 0.643. The molecule has 0 atom stereocenters. The number of hydrogen-bond donors (Lipinski definition) is 2. The van der Waals surface area contributed by atoms with Crippen LogP contribution in [0.4, 0.5) is 17.3 Å². The van der Waals surface area contributed by atoms with Crippen molar-refractivity contribution in [3.63, 3.8) is 0 Å². The van der Waals surface area contributed by atoms with Gasteiger partial charge in [-0.3, -0.25) is 0 Å². The van der Waals surface area contributed by atoms with Crippen LogP contribution in [-0.2, 0) is 6.42 Å². The van der Waals surface area contributed by atoms with Crippen LogP contribution in [0.1, 0.15) is 30.0 Å². The van der Waals surface area contributed by atoms with Gasteiger partial charge in [0.1, 0.15) is 24.0 Å². The first-order chi connectivity index (χ1) is 10.2. The van der Waals surface area contributed by atoms with E-state index >= 15 is 0 Å². The molecule has 1 heterocycles. The molecule has 2 rings (SSSR count). The molecule has 21 heavy (non-hydrogen) atoms. The molecule has 2 N–H and O–H groups in total. The van der Waals surface area contributed by atoms with Crippen LogP contribution in [0.25, 0.3) is 0 Å². The summed E-state index contributed by atoms with van der Waals surface area (Å²) >= 11 is 0. The summed E-state index contributed by atoms with van der Waals surface area (Å²) < 4.78 is 0. The number of nitrogens with zero attached hydrogens (tertiary/aromatic N) is 3. The Morgan fingerprint density at radius 3 is 2.67 bits per heavy atom. The van der Waals surface area contributed by atoms with Gasteiger partial charge in [-0.2, -0.15) is 5.26 Å². The number of rotatable bonds is 5. The van der Waals surface area contributed by atoms with E-state index in [4.69, 9.17) is 0 Å². The maximum Gasteiger partial charge on any atom is 0.139 e. The van der Waals surface area contributed by atoms with Gasteiger partial charge in [-0.1, -0.05) is 25.5 Å². The molecule has 0 aliphatic carbocycles. The Morgan fingerprint density at radius 2 is 2.00 bits per heavy atom. The average molecular weight is 281 g/mol. The summed E-state index contributed by atoms with van der Waals surface area (Å²) in [7, 11) is 1.85. The van der Waals surface area contributed by atoms with Crippen LogP contribution >= 0.6 is 0 Å². The van der Waals surface area contributed by atoms with Crippen LogP contribution in [0.2, 0.25) is 0 Å². The second kappa shape index (κ2) is 6.71. The molecule has 1 aromatic heterocycles. The fraction of sp³-hybridized carbons (Fsp3) is 0.312. The number of aryl methyl sites for hydroxylation is 1. The number of nitriles is 1. The fourth-order valence-corrected chi connectivity index (χ4v) is 2.27. The third-order valence-corrected chi connectivity index (χ3v) is 3.32. The van der Waals surface area contributed by atoms with Gasteiger partial charge in [0.15, 0.2) is 0 Å². The second-order valence-corrected chi connectivity index (χ2v) is 4.78. The van der Waals surface area contributed by atoms with Gasteiger partial charge in [0.05, 0.1) is 11.3 Å². The highest BCUT2D eigenvalue weighted by Gasteiger charge is 2.12. The molecule has 0 amide bonds. The largest absolute Gasteiger partial charge is 0.373 e. The summed E-state index contributed by atoms with van der Waals surface area (Å²) in [6, 6.07) is 7.99. The fourth-order valence-electron chi connectivity index (χ4n) is 2.27. The Morgan fingerprint density at radius 1 is 1.24 bits per heavy atom. The molecule has 1 aromatic carbocycles. The van der Waals surface area contributed by atoms with Crippen LogP contribution in [0.15, 0.2) is 24.5 Å². The predicted octanol–water partition coefficient (Wildman–Crippen LogP) is 3.39. The molecule has 0 aliphatic rings. The van der Waals surface area contributed by atoms with Gasteiger partial charge < -0.3 is 10.6 Å². The van der Waals surface area contributed by atoms with Crippen molar-refractivity contribution in [1.82, 2.24) is 9.97 Å². The van der Waals surface area contributed by atoms with Crippen molar-refractivity contribution in [1.29, 1.82) is 5.26 Å². The van der Waals surface area contributed by atoms with Crippen LogP contribution in [-0.4, -0.2) is 17.0 Å². The molecule has 5 heteroatoms. The van der Waals surface area contributed by atoms with E-state index in [1.807, 2.05) is 32.2 Å². The molecule has 108 valence electrons. The Hall–Kier alpha value is -2.61. The van der Waals surface area contributed by atoms with Crippen LogP contribution in [0, 0.1) is 18.3 Å². The van der Waals surface area contributed by atoms with E-state index in [-0.39, 0.29) is 0 Å². The van der Waals surface area contributed by atoms with Gasteiger partial charge in [0.2, 0.25) is 0 Å². The van der Waals surface area contributed by atoms with Crippen molar-refractivity contribution in [3.8, 4) is 6.07 Å². The number of nitrogens with one attached hydrogen (secondary N) is 2. The zero-order valence-electron chi connectivity index (χ0n) is 12.6. The van der Waals surface area contributed by atoms with Gasteiger partial charge in [0.25, 0.3) is 0 Å². The molecule has 2 aromatic rings. The van der Waals surface area contributed by atoms with Gasteiger partial charge in [0, 0.05) is 12.6 Å². The molecule has 0 unspecified atom stereocenters. The zero-order valence-corrected chi connectivity index (χ0v) is 12.6.